The average molecular weight is 361 g/mol. The van der Waals surface area contributed by atoms with Crippen LogP contribution in [0.2, 0.25) is 0 Å². The van der Waals surface area contributed by atoms with Crippen molar-refractivity contribution < 1.29 is 28.5 Å². The fourth-order valence-electron chi connectivity index (χ4n) is 2.37. The maximum Gasteiger partial charge on any atom is 0.258 e. The maximum atomic E-state index is 12.1. The van der Waals surface area contributed by atoms with Crippen LogP contribution in [-0.2, 0) is 11.3 Å². The Labute approximate surface area is 152 Å². The SMILES string of the molecule is COc1ccccc1OCC(=O)NCc1cc(OC)c(OC)c(OC)c1. The van der Waals surface area contributed by atoms with Gasteiger partial charge in [0.1, 0.15) is 0 Å². The molecule has 2 aromatic rings. The molecule has 7 heteroatoms. The average Bonchev–Trinajstić information content (AvgIpc) is 2.69. The van der Waals surface area contributed by atoms with Crippen LogP contribution in [0.3, 0.4) is 0 Å². The molecule has 0 bridgehead atoms. The lowest BCUT2D eigenvalue weighted by Gasteiger charge is -2.14. The molecule has 0 fully saturated rings. The van der Waals surface area contributed by atoms with E-state index in [1.807, 2.05) is 12.1 Å². The standard InChI is InChI=1S/C19H23NO6/c1-22-14-7-5-6-8-15(14)26-12-18(21)20-11-13-9-16(23-2)19(25-4)17(10-13)24-3/h5-10H,11-12H2,1-4H3,(H,20,21). The van der Waals surface area contributed by atoms with E-state index in [-0.39, 0.29) is 12.5 Å². The van der Waals surface area contributed by atoms with Crippen molar-refractivity contribution in [1.82, 2.24) is 5.32 Å². The summed E-state index contributed by atoms with van der Waals surface area (Å²) in [5, 5.41) is 2.79. The largest absolute Gasteiger partial charge is 0.493 e. The van der Waals surface area contributed by atoms with Crippen LogP contribution in [0.15, 0.2) is 36.4 Å². The number of nitrogens with one attached hydrogen (secondary N) is 1. The van der Waals surface area contributed by atoms with Crippen molar-refractivity contribution in [3.63, 3.8) is 0 Å². The Balaban J connectivity index is 1.96. The molecule has 0 aliphatic rings. The Morgan fingerprint density at radius 1 is 0.846 bits per heavy atom. The molecule has 2 rings (SSSR count). The zero-order valence-corrected chi connectivity index (χ0v) is 15.3. The highest BCUT2D eigenvalue weighted by Gasteiger charge is 2.14. The zero-order valence-electron chi connectivity index (χ0n) is 15.3. The summed E-state index contributed by atoms with van der Waals surface area (Å²) in [6, 6.07) is 10.7. The second kappa shape index (κ2) is 9.41. The number of carbonyl (C=O) groups excluding carboxylic acids is 1. The number of hydrogen-bond acceptors (Lipinski definition) is 6. The van der Waals surface area contributed by atoms with Crippen LogP contribution in [0, 0.1) is 0 Å². The van der Waals surface area contributed by atoms with Gasteiger partial charge in [-0.05, 0) is 29.8 Å². The number of benzene rings is 2. The molecule has 7 nitrogen and oxygen atoms in total. The Morgan fingerprint density at radius 3 is 1.96 bits per heavy atom. The summed E-state index contributed by atoms with van der Waals surface area (Å²) >= 11 is 0. The minimum Gasteiger partial charge on any atom is -0.493 e. The van der Waals surface area contributed by atoms with Crippen LogP contribution in [0.25, 0.3) is 0 Å². The van der Waals surface area contributed by atoms with Crippen LogP contribution in [-0.4, -0.2) is 41.0 Å². The number of carbonyl (C=O) groups is 1. The molecule has 0 radical (unpaired) electrons. The number of hydrogen-bond donors (Lipinski definition) is 1. The Bertz CT molecular complexity index is 722. The van der Waals surface area contributed by atoms with Crippen molar-refractivity contribution in [3.8, 4) is 28.7 Å². The van der Waals surface area contributed by atoms with Crippen LogP contribution in [0.4, 0.5) is 0 Å². The normalized spacial score (nSPS) is 10.0. The molecule has 0 spiro atoms. The van der Waals surface area contributed by atoms with Gasteiger partial charge in [0.2, 0.25) is 5.75 Å². The van der Waals surface area contributed by atoms with Crippen molar-refractivity contribution >= 4 is 5.91 Å². The topological polar surface area (TPSA) is 75.3 Å². The third kappa shape index (κ3) is 4.72. The zero-order chi connectivity index (χ0) is 18.9. The fourth-order valence-corrected chi connectivity index (χ4v) is 2.37. The van der Waals surface area contributed by atoms with E-state index < -0.39 is 0 Å². The summed E-state index contributed by atoms with van der Waals surface area (Å²) in [6.45, 7) is 0.176. The molecule has 140 valence electrons. The third-order valence-electron chi connectivity index (χ3n) is 3.64. The van der Waals surface area contributed by atoms with E-state index in [1.54, 1.807) is 45.6 Å². The second-order valence-electron chi connectivity index (χ2n) is 5.25. The number of para-hydroxylation sites is 2. The highest BCUT2D eigenvalue weighted by Crippen LogP contribution is 2.38. The summed E-state index contributed by atoms with van der Waals surface area (Å²) < 4.78 is 26.6. The van der Waals surface area contributed by atoms with E-state index in [2.05, 4.69) is 5.32 Å². The summed E-state index contributed by atoms with van der Waals surface area (Å²) in [6.07, 6.45) is 0. The molecular formula is C19H23NO6. The van der Waals surface area contributed by atoms with E-state index in [1.165, 1.54) is 7.11 Å². The van der Waals surface area contributed by atoms with Gasteiger partial charge in [-0.3, -0.25) is 4.79 Å². The van der Waals surface area contributed by atoms with Gasteiger partial charge < -0.3 is 29.0 Å². The highest BCUT2D eigenvalue weighted by atomic mass is 16.5. The molecule has 0 unspecified atom stereocenters. The van der Waals surface area contributed by atoms with Crippen molar-refractivity contribution in [2.75, 3.05) is 35.0 Å². The van der Waals surface area contributed by atoms with Gasteiger partial charge in [-0.15, -0.1) is 0 Å². The van der Waals surface area contributed by atoms with Crippen LogP contribution >= 0.6 is 0 Å². The van der Waals surface area contributed by atoms with Crippen LogP contribution < -0.4 is 29.0 Å². The van der Waals surface area contributed by atoms with Crippen LogP contribution in [0.5, 0.6) is 28.7 Å². The van der Waals surface area contributed by atoms with Gasteiger partial charge in [0.05, 0.1) is 28.4 Å². The van der Waals surface area contributed by atoms with Crippen molar-refractivity contribution in [2.45, 2.75) is 6.54 Å². The van der Waals surface area contributed by atoms with E-state index in [0.29, 0.717) is 35.3 Å². The lowest BCUT2D eigenvalue weighted by Crippen LogP contribution is -2.28. The van der Waals surface area contributed by atoms with Crippen LogP contribution in [0.1, 0.15) is 5.56 Å². The Hall–Kier alpha value is -3.09. The Morgan fingerprint density at radius 2 is 1.42 bits per heavy atom. The second-order valence-corrected chi connectivity index (χ2v) is 5.25. The van der Waals surface area contributed by atoms with Gasteiger partial charge in [-0.25, -0.2) is 0 Å². The third-order valence-corrected chi connectivity index (χ3v) is 3.64. The van der Waals surface area contributed by atoms with E-state index in [0.717, 1.165) is 5.56 Å². The molecule has 0 saturated heterocycles. The molecular weight excluding hydrogens is 338 g/mol. The minimum atomic E-state index is -0.260. The van der Waals surface area contributed by atoms with Crippen molar-refractivity contribution in [1.29, 1.82) is 0 Å². The first kappa shape index (κ1) is 19.2. The number of rotatable bonds is 9. The molecule has 0 saturated carbocycles. The molecule has 0 aliphatic carbocycles. The quantitative estimate of drug-likeness (QED) is 0.739. The number of ether oxygens (including phenoxy) is 5. The monoisotopic (exact) mass is 361 g/mol. The first-order valence-corrected chi connectivity index (χ1v) is 7.94. The summed E-state index contributed by atoms with van der Waals surface area (Å²) in [5.41, 5.74) is 0.810. The molecule has 2 aromatic carbocycles. The van der Waals surface area contributed by atoms with Gasteiger partial charge in [-0.1, -0.05) is 12.1 Å². The summed E-state index contributed by atoms with van der Waals surface area (Å²) in [7, 11) is 6.17. The maximum absolute atomic E-state index is 12.1. The summed E-state index contributed by atoms with van der Waals surface area (Å²) in [4.78, 5) is 12.1. The predicted octanol–water partition coefficient (Wildman–Crippen LogP) is 2.42. The van der Waals surface area contributed by atoms with Gasteiger partial charge in [0, 0.05) is 6.54 Å². The first-order valence-electron chi connectivity index (χ1n) is 7.94. The lowest BCUT2D eigenvalue weighted by atomic mass is 10.1. The molecule has 0 aliphatic heterocycles. The predicted molar refractivity (Wildman–Crippen MR) is 96.4 cm³/mol. The smallest absolute Gasteiger partial charge is 0.258 e. The fraction of sp³-hybridized carbons (Fsp3) is 0.316. The molecule has 26 heavy (non-hydrogen) atoms. The first-order chi connectivity index (χ1) is 12.6. The van der Waals surface area contributed by atoms with Gasteiger partial charge in [-0.2, -0.15) is 0 Å². The van der Waals surface area contributed by atoms with Crippen molar-refractivity contribution in [2.24, 2.45) is 0 Å². The van der Waals surface area contributed by atoms with E-state index in [4.69, 9.17) is 23.7 Å². The number of amides is 1. The Kier molecular flexibility index (Phi) is 6.96. The molecule has 1 amide bonds. The molecule has 0 heterocycles. The van der Waals surface area contributed by atoms with Gasteiger partial charge >= 0.3 is 0 Å². The van der Waals surface area contributed by atoms with E-state index in [9.17, 15) is 4.79 Å². The summed E-state index contributed by atoms with van der Waals surface area (Å²) in [5.74, 6) is 2.39. The molecule has 0 aromatic heterocycles. The van der Waals surface area contributed by atoms with E-state index >= 15 is 0 Å². The van der Waals surface area contributed by atoms with Gasteiger partial charge in [0.15, 0.2) is 29.6 Å². The lowest BCUT2D eigenvalue weighted by molar-refractivity contribution is -0.123. The number of methoxy groups -OCH3 is 4. The van der Waals surface area contributed by atoms with Crippen molar-refractivity contribution in [3.05, 3.63) is 42.0 Å². The highest BCUT2D eigenvalue weighted by molar-refractivity contribution is 5.77. The molecule has 0 atom stereocenters. The van der Waals surface area contributed by atoms with Gasteiger partial charge in [0.25, 0.3) is 5.91 Å². The minimum absolute atomic E-state index is 0.120. The molecule has 1 N–H and O–H groups in total.